The van der Waals surface area contributed by atoms with Gasteiger partial charge >= 0.3 is 18.2 Å². The Morgan fingerprint density at radius 3 is 2.39 bits per heavy atom. The van der Waals surface area contributed by atoms with E-state index in [2.05, 4.69) is 21.7 Å². The lowest BCUT2D eigenvalue weighted by molar-refractivity contribution is -0.138. The van der Waals surface area contributed by atoms with Crippen molar-refractivity contribution in [2.24, 2.45) is 0 Å². The van der Waals surface area contributed by atoms with Crippen molar-refractivity contribution in [3.63, 3.8) is 0 Å². The highest BCUT2D eigenvalue weighted by Gasteiger charge is 2.31. The van der Waals surface area contributed by atoms with Crippen molar-refractivity contribution in [1.82, 2.24) is 10.3 Å². The molecule has 8 nitrogen and oxygen atoms in total. The van der Waals surface area contributed by atoms with Crippen LogP contribution in [-0.2, 0) is 17.5 Å². The minimum atomic E-state index is -4.51. The monoisotopic (exact) mass is 622 g/mol. The summed E-state index contributed by atoms with van der Waals surface area (Å²) in [4.78, 5) is 42.4. The van der Waals surface area contributed by atoms with E-state index in [1.807, 2.05) is 24.3 Å². The Morgan fingerprint density at radius 2 is 1.73 bits per heavy atom. The van der Waals surface area contributed by atoms with Gasteiger partial charge in [0.25, 0.3) is 5.91 Å². The number of anilines is 2. The maximum absolute atomic E-state index is 13.6. The number of urea groups is 1. The number of halogens is 3. The summed E-state index contributed by atoms with van der Waals surface area (Å²) in [6, 6.07) is 17.0. The number of benzene rings is 3. The van der Waals surface area contributed by atoms with E-state index in [1.54, 1.807) is 24.3 Å². The highest BCUT2D eigenvalue weighted by molar-refractivity contribution is 7.22. The van der Waals surface area contributed by atoms with Crippen LogP contribution in [0.4, 0.5) is 28.8 Å². The molecule has 1 aromatic heterocycles. The van der Waals surface area contributed by atoms with Gasteiger partial charge in [-0.15, -0.1) is 0 Å². The lowest BCUT2D eigenvalue weighted by Crippen LogP contribution is -2.34. The fourth-order valence-electron chi connectivity index (χ4n) is 4.88. The van der Waals surface area contributed by atoms with Gasteiger partial charge in [-0.1, -0.05) is 41.7 Å². The number of allylic oxidation sites excluding steroid dienone is 2. The van der Waals surface area contributed by atoms with Crippen LogP contribution in [-0.4, -0.2) is 34.5 Å². The molecular formula is C32H29F3N4O4S. The van der Waals surface area contributed by atoms with E-state index in [9.17, 15) is 27.6 Å². The van der Waals surface area contributed by atoms with Crippen LogP contribution in [0.1, 0.15) is 59.2 Å². The van der Waals surface area contributed by atoms with Gasteiger partial charge in [-0.05, 0) is 84.8 Å². The zero-order valence-corrected chi connectivity index (χ0v) is 24.3. The molecule has 0 aliphatic heterocycles. The van der Waals surface area contributed by atoms with Gasteiger partial charge in [0.1, 0.15) is 0 Å². The molecule has 0 saturated carbocycles. The summed E-state index contributed by atoms with van der Waals surface area (Å²) in [7, 11) is 0. The molecule has 3 amide bonds. The smallest absolute Gasteiger partial charge is 0.416 e. The van der Waals surface area contributed by atoms with Gasteiger partial charge in [-0.25, -0.2) is 9.78 Å². The second-order valence-electron chi connectivity index (χ2n) is 10.3. The number of amides is 3. The second-order valence-corrected chi connectivity index (χ2v) is 11.4. The van der Waals surface area contributed by atoms with Crippen LogP contribution in [0.5, 0.6) is 0 Å². The van der Waals surface area contributed by atoms with Gasteiger partial charge in [0.15, 0.2) is 5.13 Å². The van der Waals surface area contributed by atoms with Crippen LogP contribution in [0, 0.1) is 0 Å². The zero-order valence-electron chi connectivity index (χ0n) is 23.5. The van der Waals surface area contributed by atoms with Crippen LogP contribution in [0.2, 0.25) is 0 Å². The molecule has 1 aliphatic rings. The number of fused-ring (bicyclic) bond motifs is 1. The average molecular weight is 623 g/mol. The van der Waals surface area contributed by atoms with Crippen molar-refractivity contribution in [2.75, 3.05) is 16.8 Å². The third-order valence-corrected chi connectivity index (χ3v) is 8.15. The number of carboxylic acid groups (broad SMARTS) is 1. The topological polar surface area (TPSA) is 112 Å². The third kappa shape index (κ3) is 7.62. The maximum Gasteiger partial charge on any atom is 0.416 e. The summed E-state index contributed by atoms with van der Waals surface area (Å²) in [5, 5.41) is 14.2. The molecule has 4 aromatic rings. The molecular weight excluding hydrogens is 593 g/mol. The van der Waals surface area contributed by atoms with Crippen molar-refractivity contribution in [3.05, 3.63) is 95.1 Å². The van der Waals surface area contributed by atoms with E-state index in [1.165, 1.54) is 23.0 Å². The molecule has 0 bridgehead atoms. The average Bonchev–Trinajstić information content (AvgIpc) is 3.41. The summed E-state index contributed by atoms with van der Waals surface area (Å²) in [5.74, 6) is -1.43. The molecule has 1 aliphatic carbocycles. The van der Waals surface area contributed by atoms with Crippen molar-refractivity contribution < 1.29 is 32.7 Å². The van der Waals surface area contributed by atoms with Gasteiger partial charge in [0.2, 0.25) is 0 Å². The maximum atomic E-state index is 13.6. The van der Waals surface area contributed by atoms with Gasteiger partial charge in [-0.3, -0.25) is 19.8 Å². The fraction of sp³-hybridized carbons (Fsp3) is 0.250. The van der Waals surface area contributed by atoms with Gasteiger partial charge in [0.05, 0.1) is 28.7 Å². The molecule has 0 unspecified atom stereocenters. The Morgan fingerprint density at radius 1 is 0.977 bits per heavy atom. The molecule has 44 heavy (non-hydrogen) atoms. The molecule has 3 N–H and O–H groups in total. The van der Waals surface area contributed by atoms with Crippen LogP contribution in [0.15, 0.2) is 72.8 Å². The van der Waals surface area contributed by atoms with E-state index in [4.69, 9.17) is 5.11 Å². The highest BCUT2D eigenvalue weighted by Crippen LogP contribution is 2.34. The number of aliphatic carboxylic acids is 1. The first-order valence-corrected chi connectivity index (χ1v) is 14.8. The predicted octanol–water partition coefficient (Wildman–Crippen LogP) is 7.72. The molecule has 0 spiro atoms. The Kier molecular flexibility index (Phi) is 9.29. The highest BCUT2D eigenvalue weighted by atomic mass is 32.1. The van der Waals surface area contributed by atoms with E-state index in [-0.39, 0.29) is 30.2 Å². The van der Waals surface area contributed by atoms with Gasteiger partial charge in [-0.2, -0.15) is 13.2 Å². The number of aromatic nitrogens is 1. The lowest BCUT2D eigenvalue weighted by Gasteiger charge is -2.23. The minimum absolute atomic E-state index is 0.0000494. The number of alkyl halides is 3. The van der Waals surface area contributed by atoms with Gasteiger partial charge < -0.3 is 10.4 Å². The van der Waals surface area contributed by atoms with Crippen molar-refractivity contribution >= 4 is 55.9 Å². The lowest BCUT2D eigenvalue weighted by atomic mass is 9.93. The molecule has 5 rings (SSSR count). The van der Waals surface area contributed by atoms with Gasteiger partial charge in [0, 0.05) is 17.8 Å². The summed E-state index contributed by atoms with van der Waals surface area (Å²) < 4.78 is 40.1. The Hall–Kier alpha value is -4.71. The first kappa shape index (κ1) is 30.7. The summed E-state index contributed by atoms with van der Waals surface area (Å²) in [5.41, 5.74) is 3.31. The third-order valence-electron chi connectivity index (χ3n) is 7.20. The molecule has 0 radical (unpaired) electrons. The van der Waals surface area contributed by atoms with Crippen LogP contribution in [0.3, 0.4) is 0 Å². The number of hydrogen-bond donors (Lipinski definition) is 3. The summed E-state index contributed by atoms with van der Waals surface area (Å²) in [6.07, 6.45) is 1.86. The number of carboxylic acids is 1. The fourth-order valence-corrected chi connectivity index (χ4v) is 5.72. The number of nitrogens with one attached hydrogen (secondary N) is 2. The van der Waals surface area contributed by atoms with E-state index < -0.39 is 29.6 Å². The zero-order chi connectivity index (χ0) is 31.3. The number of carbonyl (C=O) groups excluding carboxylic acids is 2. The molecule has 1 heterocycles. The van der Waals surface area contributed by atoms with Crippen LogP contribution < -0.4 is 15.5 Å². The predicted molar refractivity (Wildman–Crippen MR) is 164 cm³/mol. The molecule has 12 heteroatoms. The molecule has 228 valence electrons. The SMILES string of the molecule is O=C(O)CCNC(=O)c1ccc(CN(C(=O)Nc2nc3cc(C(F)(F)F)ccc3s2)c2ccc(C3=CCCCC3)cc2)cc1. The molecule has 0 atom stereocenters. The standard InChI is InChI=1S/C32H29F3N4O4S/c33-32(34,35)24-12-15-27-26(18-24)37-30(44-27)38-31(43)39(25-13-10-22(11-14-25)21-4-2-1-3-5-21)19-20-6-8-23(9-7-20)29(42)36-17-16-28(40)41/h4,6-15,18H,1-3,5,16-17,19H2,(H,36,42)(H,40,41)(H,37,38,43). The number of rotatable bonds is 9. The first-order chi connectivity index (χ1) is 21.1. The van der Waals surface area contributed by atoms with Crippen molar-refractivity contribution in [1.29, 1.82) is 0 Å². The largest absolute Gasteiger partial charge is 0.481 e. The van der Waals surface area contributed by atoms with Crippen molar-refractivity contribution in [2.45, 2.75) is 44.8 Å². The number of carbonyl (C=O) groups is 3. The molecule has 3 aromatic carbocycles. The molecule has 0 saturated heterocycles. The Balaban J connectivity index is 1.37. The van der Waals surface area contributed by atoms with Crippen LogP contribution >= 0.6 is 11.3 Å². The quantitative estimate of drug-likeness (QED) is 0.177. The number of thiazole rings is 1. The Bertz CT molecular complexity index is 1700. The first-order valence-electron chi connectivity index (χ1n) is 14.0. The van der Waals surface area contributed by atoms with E-state index >= 15 is 0 Å². The van der Waals surface area contributed by atoms with Crippen molar-refractivity contribution in [3.8, 4) is 0 Å². The minimum Gasteiger partial charge on any atom is -0.481 e. The van der Waals surface area contributed by atoms with E-state index in [0.717, 1.165) is 48.3 Å². The summed E-state index contributed by atoms with van der Waals surface area (Å²) in [6.45, 7) is 0.123. The second kappa shape index (κ2) is 13.3. The summed E-state index contributed by atoms with van der Waals surface area (Å²) >= 11 is 1.07. The Labute approximate surface area is 255 Å². The normalized spacial score (nSPS) is 13.3. The number of hydrogen-bond acceptors (Lipinski definition) is 5. The van der Waals surface area contributed by atoms with Crippen LogP contribution in [0.25, 0.3) is 15.8 Å². The van der Waals surface area contributed by atoms with E-state index in [0.29, 0.717) is 21.5 Å². The molecule has 0 fully saturated rings. The number of nitrogens with zero attached hydrogens (tertiary/aromatic N) is 2.